The third-order valence-electron chi connectivity index (χ3n) is 2.09. The zero-order valence-electron chi connectivity index (χ0n) is 8.19. The Kier molecular flexibility index (Phi) is 4.15. The molecule has 0 radical (unpaired) electrons. The van der Waals surface area contributed by atoms with E-state index < -0.39 is 23.5 Å². The summed E-state index contributed by atoms with van der Waals surface area (Å²) in [5, 5.41) is -0.226. The zero-order chi connectivity index (χ0) is 12.3. The van der Waals surface area contributed by atoms with Crippen molar-refractivity contribution < 1.29 is 17.6 Å². The highest BCUT2D eigenvalue weighted by molar-refractivity contribution is 6.31. The Labute approximate surface area is 95.2 Å². The molecule has 0 aliphatic carbocycles. The highest BCUT2D eigenvalue weighted by Crippen LogP contribution is 2.39. The smallest absolute Gasteiger partial charge is 0.330 e. The van der Waals surface area contributed by atoms with Crippen LogP contribution in [0, 0.1) is 0 Å². The second-order valence-corrected chi connectivity index (χ2v) is 3.65. The van der Waals surface area contributed by atoms with Gasteiger partial charge in [0, 0.05) is 10.6 Å². The summed E-state index contributed by atoms with van der Waals surface area (Å²) >= 11 is 5.59. The minimum Gasteiger partial charge on any atom is -0.330 e. The molecule has 0 aliphatic heterocycles. The first-order chi connectivity index (χ1) is 7.38. The molecular formula is C10H10ClF4N. The van der Waals surface area contributed by atoms with Gasteiger partial charge in [-0.3, -0.25) is 0 Å². The van der Waals surface area contributed by atoms with Gasteiger partial charge in [-0.25, -0.2) is 4.39 Å². The lowest BCUT2D eigenvalue weighted by Crippen LogP contribution is -2.13. The summed E-state index contributed by atoms with van der Waals surface area (Å²) in [5.74, 6) is 0. The second kappa shape index (κ2) is 5.01. The van der Waals surface area contributed by atoms with Gasteiger partial charge in [0.05, 0.1) is 5.56 Å². The summed E-state index contributed by atoms with van der Waals surface area (Å²) < 4.78 is 51.2. The van der Waals surface area contributed by atoms with Gasteiger partial charge in [-0.05, 0) is 25.1 Å². The van der Waals surface area contributed by atoms with E-state index in [4.69, 9.17) is 17.3 Å². The SMILES string of the molecule is NCCC(F)c1c(Cl)cccc1C(F)(F)F. The van der Waals surface area contributed by atoms with Crippen LogP contribution in [0.5, 0.6) is 0 Å². The van der Waals surface area contributed by atoms with Gasteiger partial charge in [-0.2, -0.15) is 13.2 Å². The Bertz CT molecular complexity index is 364. The molecule has 0 heterocycles. The first-order valence-electron chi connectivity index (χ1n) is 4.57. The molecule has 6 heteroatoms. The van der Waals surface area contributed by atoms with Gasteiger partial charge in [0.1, 0.15) is 6.17 Å². The summed E-state index contributed by atoms with van der Waals surface area (Å²) in [6.07, 6.45) is -6.60. The summed E-state index contributed by atoms with van der Waals surface area (Å²) in [7, 11) is 0. The van der Waals surface area contributed by atoms with E-state index in [1.165, 1.54) is 6.07 Å². The summed E-state index contributed by atoms with van der Waals surface area (Å²) in [6.45, 7) is -0.0380. The summed E-state index contributed by atoms with van der Waals surface area (Å²) in [6, 6.07) is 3.18. The van der Waals surface area contributed by atoms with Crippen LogP contribution in [0.2, 0.25) is 5.02 Å². The molecule has 0 aromatic heterocycles. The van der Waals surface area contributed by atoms with Crippen molar-refractivity contribution in [3.63, 3.8) is 0 Å². The molecule has 1 aromatic carbocycles. The number of rotatable bonds is 3. The predicted octanol–water partition coefficient (Wildman–Crippen LogP) is 3.72. The highest BCUT2D eigenvalue weighted by atomic mass is 35.5. The van der Waals surface area contributed by atoms with E-state index >= 15 is 0 Å². The lowest BCUT2D eigenvalue weighted by atomic mass is 10.0. The lowest BCUT2D eigenvalue weighted by molar-refractivity contribution is -0.138. The molecule has 1 rings (SSSR count). The summed E-state index contributed by atoms with van der Waals surface area (Å²) in [5.41, 5.74) is 3.55. The predicted molar refractivity (Wildman–Crippen MR) is 54.0 cm³/mol. The average molecular weight is 256 g/mol. The molecule has 0 saturated carbocycles. The first-order valence-corrected chi connectivity index (χ1v) is 4.95. The number of alkyl halides is 4. The quantitative estimate of drug-likeness (QED) is 0.819. The molecule has 2 N–H and O–H groups in total. The van der Waals surface area contributed by atoms with Gasteiger partial charge in [-0.1, -0.05) is 17.7 Å². The van der Waals surface area contributed by atoms with Gasteiger partial charge in [0.25, 0.3) is 0 Å². The Hall–Kier alpha value is -0.810. The van der Waals surface area contributed by atoms with Crippen LogP contribution in [0.4, 0.5) is 17.6 Å². The van der Waals surface area contributed by atoms with Gasteiger partial charge >= 0.3 is 6.18 Å². The van der Waals surface area contributed by atoms with Crippen LogP contribution >= 0.6 is 11.6 Å². The Morgan fingerprint density at radius 1 is 1.31 bits per heavy atom. The molecule has 0 aliphatic rings. The molecular weight excluding hydrogens is 246 g/mol. The molecule has 0 fully saturated rings. The van der Waals surface area contributed by atoms with Crippen molar-refractivity contribution in [2.45, 2.75) is 18.8 Å². The topological polar surface area (TPSA) is 26.0 Å². The van der Waals surface area contributed by atoms with Gasteiger partial charge in [0.2, 0.25) is 0 Å². The van der Waals surface area contributed by atoms with Crippen molar-refractivity contribution in [1.82, 2.24) is 0 Å². The van der Waals surface area contributed by atoms with Crippen LogP contribution < -0.4 is 5.73 Å². The summed E-state index contributed by atoms with van der Waals surface area (Å²) in [4.78, 5) is 0. The van der Waals surface area contributed by atoms with Gasteiger partial charge in [0.15, 0.2) is 0 Å². The Morgan fingerprint density at radius 2 is 1.94 bits per heavy atom. The number of nitrogens with two attached hydrogens (primary N) is 1. The monoisotopic (exact) mass is 255 g/mol. The molecule has 1 nitrogen and oxygen atoms in total. The number of hydrogen-bond acceptors (Lipinski definition) is 1. The van der Waals surface area contributed by atoms with Crippen molar-refractivity contribution in [1.29, 1.82) is 0 Å². The van der Waals surface area contributed by atoms with E-state index in [-0.39, 0.29) is 18.0 Å². The van der Waals surface area contributed by atoms with Gasteiger partial charge < -0.3 is 5.73 Å². The highest BCUT2D eigenvalue weighted by Gasteiger charge is 2.36. The van der Waals surface area contributed by atoms with E-state index in [0.717, 1.165) is 12.1 Å². The van der Waals surface area contributed by atoms with Crippen molar-refractivity contribution >= 4 is 11.6 Å². The standard InChI is InChI=1S/C10H10ClF4N/c11-7-3-1-2-6(10(13,14)15)9(7)8(12)4-5-16/h1-3,8H,4-5,16H2. The third-order valence-corrected chi connectivity index (χ3v) is 2.42. The third kappa shape index (κ3) is 2.86. The lowest BCUT2D eigenvalue weighted by Gasteiger charge is -2.16. The minimum atomic E-state index is -4.61. The van der Waals surface area contributed by atoms with Gasteiger partial charge in [-0.15, -0.1) is 0 Å². The van der Waals surface area contributed by atoms with E-state index in [9.17, 15) is 17.6 Å². The maximum absolute atomic E-state index is 13.5. The maximum Gasteiger partial charge on any atom is 0.416 e. The maximum atomic E-state index is 13.5. The second-order valence-electron chi connectivity index (χ2n) is 3.24. The van der Waals surface area contributed by atoms with Crippen LogP contribution in [-0.2, 0) is 6.18 Å². The van der Waals surface area contributed by atoms with Crippen molar-refractivity contribution in [3.05, 3.63) is 34.3 Å². The Morgan fingerprint density at radius 3 is 2.44 bits per heavy atom. The molecule has 0 spiro atoms. The van der Waals surface area contributed by atoms with Crippen molar-refractivity contribution in [2.24, 2.45) is 5.73 Å². The molecule has 0 bridgehead atoms. The van der Waals surface area contributed by atoms with E-state index in [2.05, 4.69) is 0 Å². The molecule has 1 unspecified atom stereocenters. The number of benzene rings is 1. The normalized spacial score (nSPS) is 13.9. The van der Waals surface area contributed by atoms with Crippen molar-refractivity contribution in [3.8, 4) is 0 Å². The minimum absolute atomic E-state index is 0.0380. The molecule has 90 valence electrons. The van der Waals surface area contributed by atoms with Crippen LogP contribution in [0.3, 0.4) is 0 Å². The number of hydrogen-bond donors (Lipinski definition) is 1. The van der Waals surface area contributed by atoms with Crippen LogP contribution in [0.15, 0.2) is 18.2 Å². The van der Waals surface area contributed by atoms with Crippen LogP contribution in [0.1, 0.15) is 23.7 Å². The fraction of sp³-hybridized carbons (Fsp3) is 0.400. The molecule has 0 amide bonds. The fourth-order valence-corrected chi connectivity index (χ4v) is 1.69. The van der Waals surface area contributed by atoms with E-state index in [1.807, 2.05) is 0 Å². The molecule has 16 heavy (non-hydrogen) atoms. The molecule has 1 atom stereocenters. The molecule has 0 saturated heterocycles. The Balaban J connectivity index is 3.24. The molecule has 1 aromatic rings. The number of halogens is 5. The average Bonchev–Trinajstić information content (AvgIpc) is 2.16. The zero-order valence-corrected chi connectivity index (χ0v) is 8.95. The fourth-order valence-electron chi connectivity index (χ4n) is 1.39. The van der Waals surface area contributed by atoms with Crippen molar-refractivity contribution in [2.75, 3.05) is 6.54 Å². The largest absolute Gasteiger partial charge is 0.416 e. The van der Waals surface area contributed by atoms with E-state index in [0.29, 0.717) is 0 Å². The van der Waals surface area contributed by atoms with E-state index in [1.54, 1.807) is 0 Å². The first kappa shape index (κ1) is 13.3. The van der Waals surface area contributed by atoms with Crippen LogP contribution in [-0.4, -0.2) is 6.54 Å². The van der Waals surface area contributed by atoms with Crippen LogP contribution in [0.25, 0.3) is 0 Å².